The van der Waals surface area contributed by atoms with Gasteiger partial charge in [-0.05, 0) is 29.8 Å². The van der Waals surface area contributed by atoms with Crippen molar-refractivity contribution in [2.45, 2.75) is 6.54 Å². The second-order valence-corrected chi connectivity index (χ2v) is 5.43. The zero-order chi connectivity index (χ0) is 15.2. The summed E-state index contributed by atoms with van der Waals surface area (Å²) in [4.78, 5) is 2.46. The number of para-hydroxylation sites is 2. The van der Waals surface area contributed by atoms with E-state index in [9.17, 15) is 0 Å². The highest BCUT2D eigenvalue weighted by Gasteiger charge is 2.10. The Bertz CT molecular complexity index is 610. The molecule has 116 valence electrons. The molecule has 2 aromatic carbocycles. The molecule has 0 saturated carbocycles. The van der Waals surface area contributed by atoms with Crippen LogP contribution in [0.5, 0.6) is 17.2 Å². The van der Waals surface area contributed by atoms with Crippen LogP contribution in [0.4, 0.5) is 0 Å². The van der Waals surface area contributed by atoms with E-state index in [0.29, 0.717) is 0 Å². The van der Waals surface area contributed by atoms with Crippen LogP contribution in [0.1, 0.15) is 5.56 Å². The lowest BCUT2D eigenvalue weighted by Crippen LogP contribution is -2.42. The topological polar surface area (TPSA) is 33.7 Å². The summed E-state index contributed by atoms with van der Waals surface area (Å²) in [6.07, 6.45) is 0. The summed E-state index contributed by atoms with van der Waals surface area (Å²) in [6.45, 7) is 5.29. The van der Waals surface area contributed by atoms with Crippen molar-refractivity contribution < 1.29 is 9.47 Å². The third-order valence-corrected chi connectivity index (χ3v) is 3.81. The van der Waals surface area contributed by atoms with Crippen LogP contribution in [-0.4, -0.2) is 38.2 Å². The van der Waals surface area contributed by atoms with Gasteiger partial charge in [0.1, 0.15) is 5.75 Å². The van der Waals surface area contributed by atoms with Crippen molar-refractivity contribution in [1.82, 2.24) is 10.2 Å². The Labute approximate surface area is 131 Å². The van der Waals surface area contributed by atoms with Gasteiger partial charge in [0.15, 0.2) is 11.5 Å². The third kappa shape index (κ3) is 3.78. The number of hydrogen-bond acceptors (Lipinski definition) is 4. The lowest BCUT2D eigenvalue weighted by molar-refractivity contribution is 0.233. The van der Waals surface area contributed by atoms with Crippen LogP contribution in [0, 0.1) is 0 Å². The number of benzene rings is 2. The van der Waals surface area contributed by atoms with Gasteiger partial charge in [0, 0.05) is 32.7 Å². The van der Waals surface area contributed by atoms with E-state index in [0.717, 1.165) is 50.0 Å². The summed E-state index contributed by atoms with van der Waals surface area (Å²) < 4.78 is 11.3. The summed E-state index contributed by atoms with van der Waals surface area (Å²) >= 11 is 0. The Kier molecular flexibility index (Phi) is 4.93. The van der Waals surface area contributed by atoms with Crippen LogP contribution < -0.4 is 14.8 Å². The molecule has 0 radical (unpaired) electrons. The van der Waals surface area contributed by atoms with Gasteiger partial charge in [0.2, 0.25) is 0 Å². The Morgan fingerprint density at radius 2 is 1.77 bits per heavy atom. The second-order valence-electron chi connectivity index (χ2n) is 5.43. The van der Waals surface area contributed by atoms with Gasteiger partial charge in [0.25, 0.3) is 0 Å². The van der Waals surface area contributed by atoms with Gasteiger partial charge in [-0.3, -0.25) is 4.90 Å². The first-order valence-electron chi connectivity index (χ1n) is 7.68. The van der Waals surface area contributed by atoms with Crippen molar-refractivity contribution in [3.8, 4) is 17.2 Å². The van der Waals surface area contributed by atoms with Gasteiger partial charge in [-0.2, -0.15) is 0 Å². The van der Waals surface area contributed by atoms with Crippen molar-refractivity contribution >= 4 is 0 Å². The highest BCUT2D eigenvalue weighted by molar-refractivity contribution is 5.43. The molecule has 3 rings (SSSR count). The van der Waals surface area contributed by atoms with Crippen LogP contribution in [0.2, 0.25) is 0 Å². The standard InChI is InChI=1S/C18H22N2O2/c1-21-17-7-2-3-8-18(17)22-16-6-4-5-15(13-16)14-20-11-9-19-10-12-20/h2-8,13,19H,9-12,14H2,1H3. The zero-order valence-electron chi connectivity index (χ0n) is 12.9. The average Bonchev–Trinajstić information content (AvgIpc) is 2.57. The summed E-state index contributed by atoms with van der Waals surface area (Å²) in [5.74, 6) is 2.33. The largest absolute Gasteiger partial charge is 0.493 e. The summed E-state index contributed by atoms with van der Waals surface area (Å²) in [5, 5.41) is 3.38. The van der Waals surface area contributed by atoms with E-state index in [1.54, 1.807) is 7.11 Å². The molecule has 0 amide bonds. The van der Waals surface area contributed by atoms with Crippen molar-refractivity contribution in [3.05, 3.63) is 54.1 Å². The van der Waals surface area contributed by atoms with Crippen molar-refractivity contribution in [3.63, 3.8) is 0 Å². The first-order valence-corrected chi connectivity index (χ1v) is 7.68. The molecule has 0 unspecified atom stereocenters. The number of piperazine rings is 1. The van der Waals surface area contributed by atoms with Gasteiger partial charge in [-0.25, -0.2) is 0 Å². The van der Waals surface area contributed by atoms with E-state index >= 15 is 0 Å². The molecule has 0 aliphatic carbocycles. The zero-order valence-corrected chi connectivity index (χ0v) is 12.9. The van der Waals surface area contributed by atoms with E-state index in [4.69, 9.17) is 9.47 Å². The van der Waals surface area contributed by atoms with Crippen LogP contribution in [0.3, 0.4) is 0 Å². The fraction of sp³-hybridized carbons (Fsp3) is 0.333. The maximum absolute atomic E-state index is 5.97. The van der Waals surface area contributed by atoms with Gasteiger partial charge < -0.3 is 14.8 Å². The summed E-state index contributed by atoms with van der Waals surface area (Å²) in [6, 6.07) is 16.0. The maximum Gasteiger partial charge on any atom is 0.169 e. The molecule has 2 aromatic rings. The van der Waals surface area contributed by atoms with Gasteiger partial charge in [0.05, 0.1) is 7.11 Å². The minimum Gasteiger partial charge on any atom is -0.493 e. The van der Waals surface area contributed by atoms with E-state index in [-0.39, 0.29) is 0 Å². The molecule has 1 heterocycles. The Morgan fingerprint density at radius 3 is 2.55 bits per heavy atom. The molecule has 1 aliphatic rings. The van der Waals surface area contributed by atoms with Crippen LogP contribution >= 0.6 is 0 Å². The quantitative estimate of drug-likeness (QED) is 0.920. The van der Waals surface area contributed by atoms with Crippen molar-refractivity contribution in [2.24, 2.45) is 0 Å². The fourth-order valence-electron chi connectivity index (χ4n) is 2.66. The second kappa shape index (κ2) is 7.29. The van der Waals surface area contributed by atoms with E-state index < -0.39 is 0 Å². The number of nitrogens with one attached hydrogen (secondary N) is 1. The fourth-order valence-corrected chi connectivity index (χ4v) is 2.66. The van der Waals surface area contributed by atoms with Crippen LogP contribution in [0.25, 0.3) is 0 Å². The average molecular weight is 298 g/mol. The predicted molar refractivity (Wildman–Crippen MR) is 87.7 cm³/mol. The van der Waals surface area contributed by atoms with E-state index in [2.05, 4.69) is 22.3 Å². The molecule has 0 bridgehead atoms. The molecule has 0 aromatic heterocycles. The molecule has 4 nitrogen and oxygen atoms in total. The summed E-state index contributed by atoms with van der Waals surface area (Å²) in [7, 11) is 1.66. The molecule has 1 N–H and O–H groups in total. The number of ether oxygens (including phenoxy) is 2. The van der Waals surface area contributed by atoms with Crippen molar-refractivity contribution in [1.29, 1.82) is 0 Å². The predicted octanol–water partition coefficient (Wildman–Crippen LogP) is 2.89. The minimum atomic E-state index is 0.740. The molecule has 1 saturated heterocycles. The number of rotatable bonds is 5. The SMILES string of the molecule is COc1ccccc1Oc1cccc(CN2CCNCC2)c1. The minimum absolute atomic E-state index is 0.740. The molecular weight excluding hydrogens is 276 g/mol. The molecule has 0 spiro atoms. The van der Waals surface area contributed by atoms with Crippen LogP contribution in [0.15, 0.2) is 48.5 Å². The smallest absolute Gasteiger partial charge is 0.169 e. The lowest BCUT2D eigenvalue weighted by Gasteiger charge is -2.27. The Hall–Kier alpha value is -2.04. The maximum atomic E-state index is 5.97. The lowest BCUT2D eigenvalue weighted by atomic mass is 10.2. The van der Waals surface area contributed by atoms with Crippen molar-refractivity contribution in [2.75, 3.05) is 33.3 Å². The van der Waals surface area contributed by atoms with E-state index in [1.807, 2.05) is 36.4 Å². The van der Waals surface area contributed by atoms with E-state index in [1.165, 1.54) is 5.56 Å². The van der Waals surface area contributed by atoms with Gasteiger partial charge in [-0.1, -0.05) is 24.3 Å². The molecular formula is C18H22N2O2. The van der Waals surface area contributed by atoms with Crippen LogP contribution in [-0.2, 0) is 6.54 Å². The third-order valence-electron chi connectivity index (χ3n) is 3.81. The Balaban J connectivity index is 1.70. The van der Waals surface area contributed by atoms with Gasteiger partial charge >= 0.3 is 0 Å². The molecule has 1 aliphatic heterocycles. The highest BCUT2D eigenvalue weighted by atomic mass is 16.5. The number of nitrogens with zero attached hydrogens (tertiary/aromatic N) is 1. The normalized spacial score (nSPS) is 15.5. The first kappa shape index (κ1) is 14.9. The molecule has 4 heteroatoms. The molecule has 1 fully saturated rings. The Morgan fingerprint density at radius 1 is 1.00 bits per heavy atom. The summed E-state index contributed by atoms with van der Waals surface area (Å²) in [5.41, 5.74) is 1.27. The number of hydrogen-bond donors (Lipinski definition) is 1. The highest BCUT2D eigenvalue weighted by Crippen LogP contribution is 2.31. The van der Waals surface area contributed by atoms with Gasteiger partial charge in [-0.15, -0.1) is 0 Å². The monoisotopic (exact) mass is 298 g/mol. The molecule has 22 heavy (non-hydrogen) atoms. The number of methoxy groups -OCH3 is 1. The molecule has 0 atom stereocenters. The first-order chi connectivity index (χ1) is 10.8.